The number of halogens is 4. The molecular weight excluding hydrogens is 268 g/mol. The third-order valence-electron chi connectivity index (χ3n) is 3.94. The third-order valence-corrected chi connectivity index (χ3v) is 3.94. The summed E-state index contributed by atoms with van der Waals surface area (Å²) in [5.41, 5.74) is -1.45. The summed E-state index contributed by atoms with van der Waals surface area (Å²) < 4.78 is 54.5. The molecule has 1 saturated carbocycles. The first-order chi connectivity index (χ1) is 8.84. The van der Waals surface area contributed by atoms with Gasteiger partial charge in [0.1, 0.15) is 17.9 Å². The van der Waals surface area contributed by atoms with Crippen LogP contribution in [0.2, 0.25) is 0 Å². The second-order valence-corrected chi connectivity index (χ2v) is 4.91. The van der Waals surface area contributed by atoms with E-state index in [1.165, 1.54) is 0 Å². The number of carbonyl (C=O) groups is 1. The second kappa shape index (κ2) is 3.71. The fraction of sp³-hybridized carbons (Fsp3) is 0.636. The number of hydrogen-bond donors (Lipinski definition) is 1. The van der Waals surface area contributed by atoms with Gasteiger partial charge in [-0.1, -0.05) is 0 Å². The van der Waals surface area contributed by atoms with E-state index in [1.54, 1.807) is 0 Å². The molecule has 0 radical (unpaired) electrons. The van der Waals surface area contributed by atoms with Gasteiger partial charge in [0.2, 0.25) is 0 Å². The van der Waals surface area contributed by atoms with Crippen LogP contribution in [0.25, 0.3) is 0 Å². The van der Waals surface area contributed by atoms with E-state index in [0.717, 1.165) is 0 Å². The number of hydrogen-bond acceptors (Lipinski definition) is 2. The summed E-state index contributed by atoms with van der Waals surface area (Å²) >= 11 is 0. The Labute approximate surface area is 105 Å². The molecule has 0 bridgehead atoms. The summed E-state index contributed by atoms with van der Waals surface area (Å²) in [5.74, 6) is -6.26. The van der Waals surface area contributed by atoms with E-state index in [1.807, 2.05) is 0 Å². The molecule has 0 aliphatic heterocycles. The van der Waals surface area contributed by atoms with Gasteiger partial charge in [0.05, 0.1) is 0 Å². The van der Waals surface area contributed by atoms with Crippen LogP contribution in [0.5, 0.6) is 0 Å². The molecule has 1 aromatic heterocycles. The molecule has 0 saturated heterocycles. The van der Waals surface area contributed by atoms with E-state index in [9.17, 15) is 22.4 Å². The van der Waals surface area contributed by atoms with Gasteiger partial charge < -0.3 is 5.11 Å². The predicted molar refractivity (Wildman–Crippen MR) is 54.2 cm³/mol. The Morgan fingerprint density at radius 3 is 2.63 bits per heavy atom. The highest BCUT2D eigenvalue weighted by atomic mass is 19.3. The van der Waals surface area contributed by atoms with Gasteiger partial charge >= 0.3 is 5.97 Å². The average Bonchev–Trinajstić information content (AvgIpc) is 2.60. The maximum absolute atomic E-state index is 14.1. The molecule has 8 heteroatoms. The Hall–Kier alpha value is -1.60. The Bertz CT molecular complexity index is 555. The van der Waals surface area contributed by atoms with Gasteiger partial charge in [-0.15, -0.1) is 0 Å². The molecule has 3 rings (SSSR count). The van der Waals surface area contributed by atoms with Crippen molar-refractivity contribution in [3.63, 3.8) is 0 Å². The van der Waals surface area contributed by atoms with Crippen LogP contribution >= 0.6 is 0 Å². The highest BCUT2D eigenvalue weighted by molar-refractivity contribution is 5.66. The predicted octanol–water partition coefficient (Wildman–Crippen LogP) is 2.50. The van der Waals surface area contributed by atoms with E-state index in [0.29, 0.717) is 11.1 Å². The topological polar surface area (TPSA) is 55.1 Å². The SMILES string of the molecule is O=C(O)Cn1nc(C(F)F)c2c1C(F)(F)C1CCC21. The minimum Gasteiger partial charge on any atom is -0.480 e. The van der Waals surface area contributed by atoms with Gasteiger partial charge in [-0.05, 0) is 18.8 Å². The van der Waals surface area contributed by atoms with Gasteiger partial charge in [-0.3, -0.25) is 9.48 Å². The molecule has 0 amide bonds. The second-order valence-electron chi connectivity index (χ2n) is 4.91. The summed E-state index contributed by atoms with van der Waals surface area (Å²) in [6.07, 6.45) is -2.28. The third kappa shape index (κ3) is 1.51. The molecule has 1 aromatic rings. The largest absolute Gasteiger partial charge is 0.480 e. The van der Waals surface area contributed by atoms with Crippen LogP contribution in [0.4, 0.5) is 17.6 Å². The first kappa shape index (κ1) is 12.4. The number of aliphatic carboxylic acids is 1. The van der Waals surface area contributed by atoms with Crippen LogP contribution in [-0.2, 0) is 17.3 Å². The molecule has 19 heavy (non-hydrogen) atoms. The Kier molecular flexibility index (Phi) is 2.42. The number of carboxylic acid groups (broad SMARTS) is 1. The van der Waals surface area contributed by atoms with E-state index in [-0.39, 0.29) is 12.0 Å². The minimum absolute atomic E-state index is 0.127. The quantitative estimate of drug-likeness (QED) is 0.864. The van der Waals surface area contributed by atoms with Crippen LogP contribution in [0, 0.1) is 5.92 Å². The van der Waals surface area contributed by atoms with Crippen LogP contribution < -0.4 is 0 Å². The zero-order valence-corrected chi connectivity index (χ0v) is 9.62. The van der Waals surface area contributed by atoms with Crippen molar-refractivity contribution in [1.29, 1.82) is 0 Å². The molecule has 1 N–H and O–H groups in total. The minimum atomic E-state index is -3.27. The number of carboxylic acids is 1. The van der Waals surface area contributed by atoms with Crippen LogP contribution in [0.1, 0.15) is 42.1 Å². The van der Waals surface area contributed by atoms with Crippen molar-refractivity contribution < 1.29 is 27.5 Å². The molecular formula is C11H10F4N2O2. The summed E-state index contributed by atoms with van der Waals surface area (Å²) in [6, 6.07) is 0. The maximum atomic E-state index is 14.1. The van der Waals surface area contributed by atoms with Crippen molar-refractivity contribution >= 4 is 5.97 Å². The Balaban J connectivity index is 2.17. The molecule has 4 nitrogen and oxygen atoms in total. The zero-order chi connectivity index (χ0) is 13.9. The highest BCUT2D eigenvalue weighted by Crippen LogP contribution is 2.63. The monoisotopic (exact) mass is 278 g/mol. The number of rotatable bonds is 3. The van der Waals surface area contributed by atoms with Crippen molar-refractivity contribution in [2.45, 2.75) is 37.7 Å². The normalized spacial score (nSPS) is 27.0. The molecule has 2 aliphatic rings. The molecule has 104 valence electrons. The number of fused-ring (bicyclic) bond motifs is 3. The standard InChI is InChI=1S/C11H10F4N2O2/c12-10(13)8-7-4-1-2-5(4)11(14,15)9(7)17(16-8)3-6(18)19/h4-5,10H,1-3H2,(H,18,19). The summed E-state index contributed by atoms with van der Waals surface area (Å²) in [4.78, 5) is 10.6. The van der Waals surface area contributed by atoms with Crippen molar-refractivity contribution in [3.8, 4) is 0 Å². The van der Waals surface area contributed by atoms with E-state index < -0.39 is 48.1 Å². The lowest BCUT2D eigenvalue weighted by Gasteiger charge is -2.34. The molecule has 1 heterocycles. The number of nitrogens with zero attached hydrogens (tertiary/aromatic N) is 2. The van der Waals surface area contributed by atoms with E-state index in [4.69, 9.17) is 5.11 Å². The van der Waals surface area contributed by atoms with Gasteiger partial charge in [0.25, 0.3) is 12.3 Å². The average molecular weight is 278 g/mol. The van der Waals surface area contributed by atoms with Gasteiger partial charge in [-0.25, -0.2) is 8.78 Å². The fourth-order valence-electron chi connectivity index (χ4n) is 3.07. The number of aromatic nitrogens is 2. The number of alkyl halides is 4. The van der Waals surface area contributed by atoms with Crippen molar-refractivity contribution in [2.75, 3.05) is 0 Å². The van der Waals surface area contributed by atoms with Crippen molar-refractivity contribution in [3.05, 3.63) is 17.0 Å². The lowest BCUT2D eigenvalue weighted by Crippen LogP contribution is -2.32. The lowest BCUT2D eigenvalue weighted by atomic mass is 9.73. The van der Waals surface area contributed by atoms with E-state index in [2.05, 4.69) is 5.10 Å². The van der Waals surface area contributed by atoms with Crippen molar-refractivity contribution in [1.82, 2.24) is 9.78 Å². The Morgan fingerprint density at radius 1 is 1.47 bits per heavy atom. The van der Waals surface area contributed by atoms with Crippen LogP contribution in [0.3, 0.4) is 0 Å². The molecule has 2 unspecified atom stereocenters. The summed E-state index contributed by atoms with van der Waals surface area (Å²) in [5, 5.41) is 12.1. The van der Waals surface area contributed by atoms with E-state index >= 15 is 0 Å². The molecule has 2 aliphatic carbocycles. The Morgan fingerprint density at radius 2 is 2.16 bits per heavy atom. The maximum Gasteiger partial charge on any atom is 0.325 e. The fourth-order valence-corrected chi connectivity index (χ4v) is 3.07. The molecule has 0 spiro atoms. The van der Waals surface area contributed by atoms with Crippen molar-refractivity contribution in [2.24, 2.45) is 5.92 Å². The van der Waals surface area contributed by atoms with Gasteiger partial charge in [0, 0.05) is 11.5 Å². The first-order valence-electron chi connectivity index (χ1n) is 5.82. The summed E-state index contributed by atoms with van der Waals surface area (Å²) in [6.45, 7) is -0.829. The first-order valence-corrected chi connectivity index (χ1v) is 5.82. The zero-order valence-electron chi connectivity index (χ0n) is 9.62. The highest BCUT2D eigenvalue weighted by Gasteiger charge is 2.62. The van der Waals surface area contributed by atoms with Crippen LogP contribution in [0.15, 0.2) is 0 Å². The lowest BCUT2D eigenvalue weighted by molar-refractivity contribution is -0.138. The van der Waals surface area contributed by atoms with Gasteiger partial charge in [0.15, 0.2) is 0 Å². The van der Waals surface area contributed by atoms with Gasteiger partial charge in [-0.2, -0.15) is 13.9 Å². The van der Waals surface area contributed by atoms with Crippen LogP contribution in [-0.4, -0.2) is 20.9 Å². The molecule has 1 fully saturated rings. The molecule has 0 aromatic carbocycles. The smallest absolute Gasteiger partial charge is 0.325 e. The summed E-state index contributed by atoms with van der Waals surface area (Å²) in [7, 11) is 0. The molecule has 2 atom stereocenters.